The molecule has 0 aromatic heterocycles. The molecule has 1 saturated carbocycles. The van der Waals surface area contributed by atoms with Crippen molar-refractivity contribution in [1.82, 2.24) is 0 Å². The van der Waals surface area contributed by atoms with Gasteiger partial charge in [0.05, 0.1) is 5.60 Å². The summed E-state index contributed by atoms with van der Waals surface area (Å²) in [6.07, 6.45) is 3.11. The Balaban J connectivity index is 1.94. The molecule has 1 unspecified atom stereocenters. The molecule has 16 heavy (non-hydrogen) atoms. The molecule has 0 radical (unpaired) electrons. The molecule has 0 amide bonds. The van der Waals surface area contributed by atoms with Gasteiger partial charge in [0.1, 0.15) is 5.78 Å². The predicted molar refractivity (Wildman–Crippen MR) is 63.0 cm³/mol. The highest BCUT2D eigenvalue weighted by molar-refractivity contribution is 5.83. The topological polar surface area (TPSA) is 37.3 Å². The Morgan fingerprint density at radius 2 is 2.00 bits per heavy atom. The molecule has 0 saturated heterocycles. The van der Waals surface area contributed by atoms with Crippen LogP contribution in [0.3, 0.4) is 0 Å². The summed E-state index contributed by atoms with van der Waals surface area (Å²) in [6.45, 7) is 1.78. The number of carbonyl (C=O) groups is 1. The smallest absolute Gasteiger partial charge is 0.136 e. The van der Waals surface area contributed by atoms with E-state index in [2.05, 4.69) is 0 Å². The molecule has 2 rings (SSSR count). The lowest BCUT2D eigenvalue weighted by Gasteiger charge is -2.23. The number of carbonyl (C=O) groups excluding carboxylic acids is 1. The van der Waals surface area contributed by atoms with E-state index in [1.807, 2.05) is 30.3 Å². The molecule has 0 heterocycles. The molecule has 1 aromatic rings. The van der Waals surface area contributed by atoms with Crippen molar-refractivity contribution in [2.24, 2.45) is 5.92 Å². The Bertz CT molecular complexity index is 364. The van der Waals surface area contributed by atoms with Crippen molar-refractivity contribution in [1.29, 1.82) is 0 Å². The van der Waals surface area contributed by atoms with Gasteiger partial charge in [0.2, 0.25) is 0 Å². The maximum atomic E-state index is 11.6. The standard InChI is InChI=1S/C14H18O2/c1-14(16,12-5-3-2-4-6-12)10-9-13(15)11-7-8-11/h2-6,11,16H,7-10H2,1H3. The second-order valence-electron chi connectivity index (χ2n) is 4.88. The number of hydrogen-bond donors (Lipinski definition) is 1. The lowest BCUT2D eigenvalue weighted by Crippen LogP contribution is -2.22. The number of rotatable bonds is 5. The van der Waals surface area contributed by atoms with Crippen molar-refractivity contribution in [3.05, 3.63) is 35.9 Å². The van der Waals surface area contributed by atoms with Crippen LogP contribution in [0.25, 0.3) is 0 Å². The van der Waals surface area contributed by atoms with Gasteiger partial charge in [0.25, 0.3) is 0 Å². The molecule has 1 fully saturated rings. The van der Waals surface area contributed by atoms with Crippen LogP contribution in [0.15, 0.2) is 30.3 Å². The van der Waals surface area contributed by atoms with Crippen molar-refractivity contribution in [3.63, 3.8) is 0 Å². The fourth-order valence-corrected chi connectivity index (χ4v) is 1.92. The highest BCUT2D eigenvalue weighted by atomic mass is 16.3. The molecule has 2 heteroatoms. The molecule has 86 valence electrons. The summed E-state index contributed by atoms with van der Waals surface area (Å²) in [5.74, 6) is 0.614. The van der Waals surface area contributed by atoms with Crippen LogP contribution in [0, 0.1) is 5.92 Å². The van der Waals surface area contributed by atoms with Crippen molar-refractivity contribution in [3.8, 4) is 0 Å². The number of hydrogen-bond acceptors (Lipinski definition) is 2. The Kier molecular flexibility index (Phi) is 3.10. The first-order chi connectivity index (χ1) is 7.59. The third kappa shape index (κ3) is 2.70. The van der Waals surface area contributed by atoms with Gasteiger partial charge < -0.3 is 5.11 Å². The number of ketones is 1. The van der Waals surface area contributed by atoms with E-state index in [-0.39, 0.29) is 0 Å². The van der Waals surface area contributed by atoms with E-state index in [1.165, 1.54) is 0 Å². The zero-order valence-electron chi connectivity index (χ0n) is 9.65. The average Bonchev–Trinajstić information content (AvgIpc) is 3.11. The van der Waals surface area contributed by atoms with Gasteiger partial charge in [0, 0.05) is 12.3 Å². The second-order valence-corrected chi connectivity index (χ2v) is 4.88. The van der Waals surface area contributed by atoms with Crippen molar-refractivity contribution < 1.29 is 9.90 Å². The first-order valence-corrected chi connectivity index (χ1v) is 5.90. The SMILES string of the molecule is CC(O)(CCC(=O)C1CC1)c1ccccc1. The molecule has 0 aliphatic heterocycles. The van der Waals surface area contributed by atoms with Crippen LogP contribution in [0.4, 0.5) is 0 Å². The molecule has 2 nitrogen and oxygen atoms in total. The van der Waals surface area contributed by atoms with E-state index < -0.39 is 5.60 Å². The van der Waals surface area contributed by atoms with Crippen LogP contribution in [0.1, 0.15) is 38.2 Å². The summed E-state index contributed by atoms with van der Waals surface area (Å²) >= 11 is 0. The molecular weight excluding hydrogens is 200 g/mol. The van der Waals surface area contributed by atoms with E-state index in [1.54, 1.807) is 6.92 Å². The van der Waals surface area contributed by atoms with Crippen molar-refractivity contribution in [2.75, 3.05) is 0 Å². The van der Waals surface area contributed by atoms with Gasteiger partial charge in [-0.15, -0.1) is 0 Å². The third-order valence-corrected chi connectivity index (χ3v) is 3.29. The van der Waals surface area contributed by atoms with Gasteiger partial charge in [-0.05, 0) is 31.7 Å². The Labute approximate surface area is 96.3 Å². The van der Waals surface area contributed by atoms with E-state index in [0.717, 1.165) is 18.4 Å². The lowest BCUT2D eigenvalue weighted by molar-refractivity contribution is -0.121. The zero-order chi connectivity index (χ0) is 11.6. The number of Topliss-reactive ketones (excluding diaryl/α,β-unsaturated/α-hetero) is 1. The predicted octanol–water partition coefficient (Wildman–Crippen LogP) is 2.65. The monoisotopic (exact) mass is 218 g/mol. The summed E-state index contributed by atoms with van der Waals surface area (Å²) < 4.78 is 0. The minimum Gasteiger partial charge on any atom is -0.385 e. The van der Waals surface area contributed by atoms with Gasteiger partial charge in [-0.1, -0.05) is 30.3 Å². The van der Waals surface area contributed by atoms with E-state index in [4.69, 9.17) is 0 Å². The molecule has 1 aromatic carbocycles. The minimum absolute atomic E-state index is 0.298. The molecule has 1 aliphatic rings. The first-order valence-electron chi connectivity index (χ1n) is 5.90. The second kappa shape index (κ2) is 4.38. The Morgan fingerprint density at radius 1 is 1.38 bits per heavy atom. The first kappa shape index (κ1) is 11.3. The quantitative estimate of drug-likeness (QED) is 0.825. The van der Waals surface area contributed by atoms with Gasteiger partial charge in [0.15, 0.2) is 0 Å². The minimum atomic E-state index is -0.883. The highest BCUT2D eigenvalue weighted by Gasteiger charge is 2.31. The van der Waals surface area contributed by atoms with Crippen molar-refractivity contribution in [2.45, 2.75) is 38.2 Å². The van der Waals surface area contributed by atoms with Gasteiger partial charge in [-0.2, -0.15) is 0 Å². The zero-order valence-corrected chi connectivity index (χ0v) is 9.65. The summed E-state index contributed by atoms with van der Waals surface area (Å²) in [4.78, 5) is 11.6. The number of benzene rings is 1. The molecule has 0 bridgehead atoms. The lowest BCUT2D eigenvalue weighted by atomic mass is 9.90. The van der Waals surface area contributed by atoms with Crippen LogP contribution in [0.5, 0.6) is 0 Å². The summed E-state index contributed by atoms with van der Waals surface area (Å²) in [7, 11) is 0. The van der Waals surface area contributed by atoms with Crippen LogP contribution < -0.4 is 0 Å². The normalized spacial score (nSPS) is 19.1. The molecule has 1 aliphatic carbocycles. The third-order valence-electron chi connectivity index (χ3n) is 3.29. The van der Waals surface area contributed by atoms with Crippen molar-refractivity contribution >= 4 is 5.78 Å². The summed E-state index contributed by atoms with van der Waals surface area (Å²) in [5, 5.41) is 10.3. The van der Waals surface area contributed by atoms with Gasteiger partial charge in [-0.25, -0.2) is 0 Å². The summed E-state index contributed by atoms with van der Waals surface area (Å²) in [6, 6.07) is 9.55. The summed E-state index contributed by atoms with van der Waals surface area (Å²) in [5.41, 5.74) is 0.00446. The van der Waals surface area contributed by atoms with Gasteiger partial charge in [-0.3, -0.25) is 4.79 Å². The van der Waals surface area contributed by atoms with Crippen LogP contribution in [-0.4, -0.2) is 10.9 Å². The van der Waals surface area contributed by atoms with E-state index in [9.17, 15) is 9.90 Å². The van der Waals surface area contributed by atoms with E-state index in [0.29, 0.717) is 24.5 Å². The van der Waals surface area contributed by atoms with Crippen LogP contribution >= 0.6 is 0 Å². The van der Waals surface area contributed by atoms with Gasteiger partial charge >= 0.3 is 0 Å². The maximum Gasteiger partial charge on any atom is 0.136 e. The Morgan fingerprint density at radius 3 is 2.56 bits per heavy atom. The fraction of sp³-hybridized carbons (Fsp3) is 0.500. The molecule has 1 N–H and O–H groups in total. The average molecular weight is 218 g/mol. The van der Waals surface area contributed by atoms with Crippen LogP contribution in [0.2, 0.25) is 0 Å². The highest BCUT2D eigenvalue weighted by Crippen LogP contribution is 2.33. The molecule has 0 spiro atoms. The largest absolute Gasteiger partial charge is 0.385 e. The Hall–Kier alpha value is -1.15. The maximum absolute atomic E-state index is 11.6. The molecular formula is C14H18O2. The van der Waals surface area contributed by atoms with Crippen LogP contribution in [-0.2, 0) is 10.4 Å². The number of aliphatic hydroxyl groups is 1. The van der Waals surface area contributed by atoms with E-state index >= 15 is 0 Å². The molecule has 1 atom stereocenters. The fourth-order valence-electron chi connectivity index (χ4n) is 1.92.